The number of nitrogens with zero attached hydrogens (tertiary/aromatic N) is 4. The van der Waals surface area contributed by atoms with E-state index in [4.69, 9.17) is 4.99 Å². The van der Waals surface area contributed by atoms with Crippen LogP contribution >= 0.6 is 11.8 Å². The summed E-state index contributed by atoms with van der Waals surface area (Å²) in [6, 6.07) is 0. The molecule has 1 amide bonds. The van der Waals surface area contributed by atoms with Gasteiger partial charge in [-0.1, -0.05) is 0 Å². The summed E-state index contributed by atoms with van der Waals surface area (Å²) in [5.41, 5.74) is 0. The molecule has 0 radical (unpaired) electrons. The van der Waals surface area contributed by atoms with Crippen molar-refractivity contribution in [2.45, 2.75) is 32.6 Å². The Morgan fingerprint density at radius 1 is 1.04 bits per heavy atom. The fraction of sp³-hybridized carbons (Fsp3) is 0.889. The molecule has 2 rings (SSSR count). The van der Waals surface area contributed by atoms with Crippen molar-refractivity contribution >= 4 is 23.6 Å². The average molecular weight is 370 g/mol. The molecular formula is C18H35N5OS. The number of carbonyl (C=O) groups is 1. The number of likely N-dealkylation sites (tertiary alicyclic amines) is 1. The van der Waals surface area contributed by atoms with E-state index in [1.807, 2.05) is 16.7 Å². The monoisotopic (exact) mass is 369 g/mol. The standard InChI is InChI=1S/C18H35N5OS/c1-3-19-18(20-8-7-15-25-2)23-13-11-21(12-14-23)16-17(24)22-9-5-4-6-10-22/h3-16H2,1-2H3,(H,19,20). The molecule has 2 aliphatic rings. The lowest BCUT2D eigenvalue weighted by atomic mass is 10.1. The number of aliphatic imine (C=N–C) groups is 1. The molecule has 2 aliphatic heterocycles. The molecule has 0 aliphatic carbocycles. The Labute approximate surface area is 157 Å². The summed E-state index contributed by atoms with van der Waals surface area (Å²) in [6.45, 7) is 10.1. The minimum absolute atomic E-state index is 0.311. The lowest BCUT2D eigenvalue weighted by Crippen LogP contribution is -2.54. The van der Waals surface area contributed by atoms with Crippen molar-refractivity contribution in [1.82, 2.24) is 20.0 Å². The minimum Gasteiger partial charge on any atom is -0.357 e. The first-order valence-electron chi connectivity index (χ1n) is 9.77. The molecule has 2 fully saturated rings. The van der Waals surface area contributed by atoms with Crippen molar-refractivity contribution in [3.8, 4) is 0 Å². The predicted octanol–water partition coefficient (Wildman–Crippen LogP) is 1.34. The van der Waals surface area contributed by atoms with Crippen molar-refractivity contribution in [2.24, 2.45) is 4.99 Å². The molecule has 0 bridgehead atoms. The zero-order valence-corrected chi connectivity index (χ0v) is 16.8. The number of nitrogens with one attached hydrogen (secondary N) is 1. The fourth-order valence-electron chi connectivity index (χ4n) is 3.37. The number of piperazine rings is 1. The molecule has 2 heterocycles. The molecule has 25 heavy (non-hydrogen) atoms. The van der Waals surface area contributed by atoms with E-state index in [9.17, 15) is 4.79 Å². The molecular weight excluding hydrogens is 334 g/mol. The lowest BCUT2D eigenvalue weighted by molar-refractivity contribution is -0.133. The van der Waals surface area contributed by atoms with Gasteiger partial charge < -0.3 is 15.1 Å². The van der Waals surface area contributed by atoms with Gasteiger partial charge in [0.05, 0.1) is 6.54 Å². The third-order valence-electron chi connectivity index (χ3n) is 4.84. The van der Waals surface area contributed by atoms with Gasteiger partial charge in [-0.2, -0.15) is 11.8 Å². The van der Waals surface area contributed by atoms with E-state index in [0.29, 0.717) is 12.5 Å². The smallest absolute Gasteiger partial charge is 0.236 e. The summed E-state index contributed by atoms with van der Waals surface area (Å²) in [4.78, 5) is 23.9. The number of amides is 1. The van der Waals surface area contributed by atoms with Crippen LogP contribution in [0.1, 0.15) is 32.6 Å². The molecule has 0 aromatic rings. The molecule has 0 aromatic carbocycles. The highest BCUT2D eigenvalue weighted by molar-refractivity contribution is 7.98. The Hall–Kier alpha value is -0.950. The van der Waals surface area contributed by atoms with E-state index in [0.717, 1.165) is 70.5 Å². The Morgan fingerprint density at radius 2 is 1.76 bits per heavy atom. The largest absolute Gasteiger partial charge is 0.357 e. The Balaban J connectivity index is 1.75. The van der Waals surface area contributed by atoms with Crippen LogP contribution in [-0.4, -0.2) is 97.5 Å². The van der Waals surface area contributed by atoms with Gasteiger partial charge in [0.15, 0.2) is 5.96 Å². The third-order valence-corrected chi connectivity index (χ3v) is 5.54. The van der Waals surface area contributed by atoms with Gasteiger partial charge in [0.25, 0.3) is 0 Å². The summed E-state index contributed by atoms with van der Waals surface area (Å²) in [7, 11) is 0. The molecule has 0 spiro atoms. The zero-order chi connectivity index (χ0) is 17.9. The number of thioether (sulfide) groups is 1. The van der Waals surface area contributed by atoms with E-state index in [-0.39, 0.29) is 0 Å². The van der Waals surface area contributed by atoms with Gasteiger partial charge in [0.2, 0.25) is 5.91 Å². The Morgan fingerprint density at radius 3 is 2.40 bits per heavy atom. The van der Waals surface area contributed by atoms with E-state index in [1.165, 1.54) is 19.3 Å². The summed E-state index contributed by atoms with van der Waals surface area (Å²) in [6.07, 6.45) is 6.86. The topological polar surface area (TPSA) is 51.2 Å². The Bertz CT molecular complexity index is 418. The number of guanidine groups is 1. The van der Waals surface area contributed by atoms with Crippen LogP contribution in [0.3, 0.4) is 0 Å². The number of carbonyl (C=O) groups excluding carboxylic acids is 1. The van der Waals surface area contributed by atoms with E-state index in [2.05, 4.69) is 28.3 Å². The van der Waals surface area contributed by atoms with Crippen molar-refractivity contribution in [1.29, 1.82) is 0 Å². The van der Waals surface area contributed by atoms with Gasteiger partial charge in [-0.3, -0.25) is 14.7 Å². The van der Waals surface area contributed by atoms with Crippen LogP contribution in [0, 0.1) is 0 Å². The summed E-state index contributed by atoms with van der Waals surface area (Å²) in [5.74, 6) is 2.51. The number of piperidine rings is 1. The quantitative estimate of drug-likeness (QED) is 0.417. The molecule has 2 saturated heterocycles. The maximum atomic E-state index is 12.4. The van der Waals surface area contributed by atoms with Crippen molar-refractivity contribution in [3.05, 3.63) is 0 Å². The summed E-state index contributed by atoms with van der Waals surface area (Å²) >= 11 is 1.87. The second-order valence-electron chi connectivity index (χ2n) is 6.79. The first kappa shape index (κ1) is 20.4. The molecule has 0 saturated carbocycles. The maximum absolute atomic E-state index is 12.4. The number of rotatable bonds is 7. The van der Waals surface area contributed by atoms with Gasteiger partial charge in [-0.25, -0.2) is 0 Å². The van der Waals surface area contributed by atoms with Crippen LogP contribution in [-0.2, 0) is 4.79 Å². The normalized spacial score (nSPS) is 20.0. The second kappa shape index (κ2) is 11.6. The molecule has 0 unspecified atom stereocenters. The van der Waals surface area contributed by atoms with Crippen molar-refractivity contribution in [2.75, 3.05) is 70.9 Å². The van der Waals surface area contributed by atoms with Crippen LogP contribution in [0.25, 0.3) is 0 Å². The minimum atomic E-state index is 0.311. The SMILES string of the molecule is CCNC(=NCCCSC)N1CCN(CC(=O)N2CCCCC2)CC1. The van der Waals surface area contributed by atoms with Gasteiger partial charge in [0, 0.05) is 52.4 Å². The molecule has 0 atom stereocenters. The molecule has 7 heteroatoms. The van der Waals surface area contributed by atoms with Gasteiger partial charge in [0.1, 0.15) is 0 Å². The first-order valence-corrected chi connectivity index (χ1v) is 11.2. The second-order valence-corrected chi connectivity index (χ2v) is 7.77. The van der Waals surface area contributed by atoms with E-state index < -0.39 is 0 Å². The molecule has 0 aromatic heterocycles. The summed E-state index contributed by atoms with van der Waals surface area (Å²) < 4.78 is 0. The van der Waals surface area contributed by atoms with Crippen LogP contribution in [0.5, 0.6) is 0 Å². The van der Waals surface area contributed by atoms with Crippen LogP contribution < -0.4 is 5.32 Å². The number of hydrogen-bond acceptors (Lipinski definition) is 4. The van der Waals surface area contributed by atoms with Crippen molar-refractivity contribution < 1.29 is 4.79 Å². The molecule has 1 N–H and O–H groups in total. The number of hydrogen-bond donors (Lipinski definition) is 1. The zero-order valence-electron chi connectivity index (χ0n) is 16.0. The third kappa shape index (κ3) is 7.05. The predicted molar refractivity (Wildman–Crippen MR) is 107 cm³/mol. The summed E-state index contributed by atoms with van der Waals surface area (Å²) in [5, 5.41) is 3.41. The highest BCUT2D eigenvalue weighted by Gasteiger charge is 2.23. The van der Waals surface area contributed by atoms with E-state index >= 15 is 0 Å². The maximum Gasteiger partial charge on any atom is 0.236 e. The Kier molecular flexibility index (Phi) is 9.47. The van der Waals surface area contributed by atoms with Crippen molar-refractivity contribution in [3.63, 3.8) is 0 Å². The van der Waals surface area contributed by atoms with Crippen LogP contribution in [0.2, 0.25) is 0 Å². The molecule has 6 nitrogen and oxygen atoms in total. The van der Waals surface area contributed by atoms with Gasteiger partial charge >= 0.3 is 0 Å². The highest BCUT2D eigenvalue weighted by atomic mass is 32.2. The average Bonchev–Trinajstić information content (AvgIpc) is 2.66. The highest BCUT2D eigenvalue weighted by Crippen LogP contribution is 2.10. The van der Waals surface area contributed by atoms with Gasteiger partial charge in [-0.15, -0.1) is 0 Å². The molecule has 144 valence electrons. The van der Waals surface area contributed by atoms with E-state index in [1.54, 1.807) is 0 Å². The lowest BCUT2D eigenvalue weighted by Gasteiger charge is -2.37. The first-order chi connectivity index (χ1) is 12.2. The van der Waals surface area contributed by atoms with Gasteiger partial charge in [-0.05, 0) is 44.6 Å². The fourth-order valence-corrected chi connectivity index (χ4v) is 3.79. The van der Waals surface area contributed by atoms with Crippen LogP contribution in [0.15, 0.2) is 4.99 Å². The van der Waals surface area contributed by atoms with Crippen LogP contribution in [0.4, 0.5) is 0 Å².